The monoisotopic (exact) mass is 380 g/mol. The van der Waals surface area contributed by atoms with Gasteiger partial charge < -0.3 is 19.8 Å². The van der Waals surface area contributed by atoms with Crippen molar-refractivity contribution in [2.45, 2.75) is 40.3 Å². The fraction of sp³-hybridized carbons (Fsp3) is 0.368. The number of aromatic nitrogens is 1. The molecule has 6 nitrogen and oxygen atoms in total. The van der Waals surface area contributed by atoms with Crippen molar-refractivity contribution in [3.8, 4) is 5.75 Å². The zero-order valence-electron chi connectivity index (χ0n) is 15.6. The second-order valence-electron chi connectivity index (χ2n) is 5.99. The summed E-state index contributed by atoms with van der Waals surface area (Å²) in [6.45, 7) is 4.20. The van der Waals surface area contributed by atoms with Crippen molar-refractivity contribution < 1.29 is 27.8 Å². The number of carbonyl (C=O) groups is 2. The van der Waals surface area contributed by atoms with Gasteiger partial charge in [-0.3, -0.25) is 4.79 Å². The minimum atomic E-state index is -2.89. The van der Waals surface area contributed by atoms with Crippen LogP contribution in [0.4, 0.5) is 8.78 Å². The molecule has 0 saturated heterocycles. The molecule has 1 amide bonds. The molecule has 0 unspecified atom stereocenters. The molecule has 8 heteroatoms. The first-order valence-corrected chi connectivity index (χ1v) is 8.46. The molecule has 2 N–H and O–H groups in total. The van der Waals surface area contributed by atoms with Crippen LogP contribution in [0.1, 0.15) is 57.6 Å². The lowest BCUT2D eigenvalue weighted by Crippen LogP contribution is -2.27. The molecule has 0 bridgehead atoms. The first kappa shape index (κ1) is 20.4. The van der Waals surface area contributed by atoms with Gasteiger partial charge in [0.2, 0.25) is 0 Å². The lowest BCUT2D eigenvalue weighted by atomic mass is 10.1. The molecule has 0 aliphatic rings. The number of rotatable bonds is 7. The van der Waals surface area contributed by atoms with Crippen LogP contribution in [0.25, 0.3) is 0 Å². The van der Waals surface area contributed by atoms with E-state index in [-0.39, 0.29) is 30.0 Å². The second-order valence-corrected chi connectivity index (χ2v) is 5.99. The number of hydrogen-bond donors (Lipinski definition) is 2. The van der Waals surface area contributed by atoms with Crippen molar-refractivity contribution in [2.75, 3.05) is 6.61 Å². The molecular formula is C19H22F2N2O4. The minimum absolute atomic E-state index is 0.0437. The van der Waals surface area contributed by atoms with Crippen LogP contribution in [-0.2, 0) is 4.74 Å². The van der Waals surface area contributed by atoms with Crippen LogP contribution in [0.5, 0.6) is 5.75 Å². The Balaban J connectivity index is 2.12. The third-order valence-electron chi connectivity index (χ3n) is 4.10. The maximum atomic E-state index is 12.6. The molecule has 1 atom stereocenters. The van der Waals surface area contributed by atoms with Crippen LogP contribution >= 0.6 is 0 Å². The van der Waals surface area contributed by atoms with Crippen molar-refractivity contribution in [1.82, 2.24) is 10.3 Å². The molecular weight excluding hydrogens is 358 g/mol. The van der Waals surface area contributed by atoms with Crippen molar-refractivity contribution in [3.63, 3.8) is 0 Å². The van der Waals surface area contributed by atoms with E-state index in [0.717, 1.165) is 5.56 Å². The topological polar surface area (TPSA) is 80.4 Å². The average molecular weight is 380 g/mol. The number of benzene rings is 1. The van der Waals surface area contributed by atoms with Crippen LogP contribution in [0.2, 0.25) is 0 Å². The van der Waals surface area contributed by atoms with Crippen molar-refractivity contribution in [3.05, 3.63) is 52.3 Å². The molecule has 0 radical (unpaired) electrons. The summed E-state index contributed by atoms with van der Waals surface area (Å²) in [5.74, 6) is -0.820. The highest BCUT2D eigenvalue weighted by molar-refractivity contribution is 6.00. The summed E-state index contributed by atoms with van der Waals surface area (Å²) >= 11 is 0. The Morgan fingerprint density at radius 2 is 1.81 bits per heavy atom. The number of carbonyl (C=O) groups excluding carboxylic acids is 2. The number of H-pyrrole nitrogens is 1. The second kappa shape index (κ2) is 8.66. The number of alkyl halides is 2. The largest absolute Gasteiger partial charge is 0.462 e. The predicted octanol–water partition coefficient (Wildman–Crippen LogP) is 3.90. The third kappa shape index (κ3) is 4.84. The molecule has 2 rings (SSSR count). The molecule has 146 valence electrons. The smallest absolute Gasteiger partial charge is 0.387 e. The van der Waals surface area contributed by atoms with Crippen LogP contribution in [-0.4, -0.2) is 30.1 Å². The van der Waals surface area contributed by atoms with Crippen LogP contribution in [0, 0.1) is 13.8 Å². The summed E-state index contributed by atoms with van der Waals surface area (Å²) < 4.78 is 33.7. The van der Waals surface area contributed by atoms with E-state index in [1.54, 1.807) is 39.8 Å². The van der Waals surface area contributed by atoms with Gasteiger partial charge in [-0.05, 0) is 51.0 Å². The Kier molecular flexibility index (Phi) is 6.55. The summed E-state index contributed by atoms with van der Waals surface area (Å²) in [6.07, 6.45) is 0. The van der Waals surface area contributed by atoms with Crippen LogP contribution in [0.15, 0.2) is 24.3 Å². The summed E-state index contributed by atoms with van der Waals surface area (Å²) in [5.41, 5.74) is 2.41. The quantitative estimate of drug-likeness (QED) is 0.714. The molecule has 0 aliphatic carbocycles. The highest BCUT2D eigenvalue weighted by atomic mass is 19.3. The predicted molar refractivity (Wildman–Crippen MR) is 95.2 cm³/mol. The van der Waals surface area contributed by atoms with Gasteiger partial charge in [0.05, 0.1) is 18.2 Å². The lowest BCUT2D eigenvalue weighted by molar-refractivity contribution is -0.0498. The normalized spacial score (nSPS) is 12.0. The molecule has 1 aromatic heterocycles. The number of halogens is 2. The van der Waals surface area contributed by atoms with Gasteiger partial charge in [0, 0.05) is 5.69 Å². The number of ether oxygens (including phenoxy) is 2. The van der Waals surface area contributed by atoms with Crippen LogP contribution < -0.4 is 10.1 Å². The maximum absolute atomic E-state index is 12.6. The molecule has 27 heavy (non-hydrogen) atoms. The Morgan fingerprint density at radius 1 is 1.19 bits per heavy atom. The maximum Gasteiger partial charge on any atom is 0.387 e. The van der Waals surface area contributed by atoms with Crippen molar-refractivity contribution in [2.24, 2.45) is 0 Å². The summed E-state index contributed by atoms with van der Waals surface area (Å²) in [4.78, 5) is 27.5. The SMILES string of the molecule is CCOC(=O)c1c(C)[nH]c(C(=O)N[C@@H](C)c2ccc(OC(F)F)cc2)c1C. The highest BCUT2D eigenvalue weighted by Gasteiger charge is 2.23. The van der Waals surface area contributed by atoms with Gasteiger partial charge >= 0.3 is 12.6 Å². The molecule has 2 aromatic rings. The number of nitrogens with one attached hydrogen (secondary N) is 2. The Labute approximate surface area is 155 Å². The molecule has 1 heterocycles. The van der Waals surface area contributed by atoms with Gasteiger partial charge in [-0.2, -0.15) is 8.78 Å². The Morgan fingerprint density at radius 3 is 2.37 bits per heavy atom. The molecule has 1 aromatic carbocycles. The number of aromatic amines is 1. The lowest BCUT2D eigenvalue weighted by Gasteiger charge is -2.15. The van der Waals surface area contributed by atoms with E-state index in [9.17, 15) is 18.4 Å². The van der Waals surface area contributed by atoms with Gasteiger partial charge in [-0.1, -0.05) is 12.1 Å². The van der Waals surface area contributed by atoms with E-state index >= 15 is 0 Å². The van der Waals surface area contributed by atoms with Crippen LogP contribution in [0.3, 0.4) is 0 Å². The molecule has 0 fully saturated rings. The standard InChI is InChI=1S/C19H22F2N2O4/c1-5-26-18(25)15-10(2)16(22-12(15)4)17(24)23-11(3)13-6-8-14(9-7-13)27-19(20)21/h6-9,11,19,22H,5H2,1-4H3,(H,23,24)/t11-/m0/s1. The van der Waals surface area contributed by atoms with E-state index in [0.29, 0.717) is 16.8 Å². The van der Waals surface area contributed by atoms with E-state index in [1.165, 1.54) is 12.1 Å². The first-order chi connectivity index (χ1) is 12.7. The summed E-state index contributed by atoms with van der Waals surface area (Å²) in [5, 5.41) is 2.81. The number of esters is 1. The first-order valence-electron chi connectivity index (χ1n) is 8.46. The third-order valence-corrected chi connectivity index (χ3v) is 4.10. The van der Waals surface area contributed by atoms with Crippen molar-refractivity contribution >= 4 is 11.9 Å². The molecule has 0 spiro atoms. The Hall–Kier alpha value is -2.90. The fourth-order valence-electron chi connectivity index (χ4n) is 2.78. The van der Waals surface area contributed by atoms with Gasteiger partial charge in [0.1, 0.15) is 11.4 Å². The molecule has 0 saturated carbocycles. The number of aryl methyl sites for hydroxylation is 1. The fourth-order valence-corrected chi connectivity index (χ4v) is 2.78. The zero-order valence-corrected chi connectivity index (χ0v) is 15.6. The van der Waals surface area contributed by atoms with E-state index in [1.807, 2.05) is 0 Å². The van der Waals surface area contributed by atoms with Gasteiger partial charge in [0.15, 0.2) is 0 Å². The number of hydrogen-bond acceptors (Lipinski definition) is 4. The zero-order chi connectivity index (χ0) is 20.1. The summed E-state index contributed by atoms with van der Waals surface area (Å²) in [7, 11) is 0. The van der Waals surface area contributed by atoms with Gasteiger partial charge in [-0.15, -0.1) is 0 Å². The van der Waals surface area contributed by atoms with Crippen molar-refractivity contribution in [1.29, 1.82) is 0 Å². The minimum Gasteiger partial charge on any atom is -0.462 e. The van der Waals surface area contributed by atoms with Gasteiger partial charge in [-0.25, -0.2) is 4.79 Å². The van der Waals surface area contributed by atoms with E-state index < -0.39 is 12.6 Å². The Bertz CT molecular complexity index is 816. The molecule has 0 aliphatic heterocycles. The highest BCUT2D eigenvalue weighted by Crippen LogP contribution is 2.22. The average Bonchev–Trinajstić information content (AvgIpc) is 2.89. The van der Waals surface area contributed by atoms with E-state index in [2.05, 4.69) is 15.0 Å². The summed E-state index contributed by atoms with van der Waals surface area (Å²) in [6, 6.07) is 5.63. The number of amides is 1. The van der Waals surface area contributed by atoms with E-state index in [4.69, 9.17) is 4.74 Å². The van der Waals surface area contributed by atoms with Gasteiger partial charge in [0.25, 0.3) is 5.91 Å².